The van der Waals surface area contributed by atoms with Gasteiger partial charge in [-0.2, -0.15) is 0 Å². The lowest BCUT2D eigenvalue weighted by atomic mass is 10.0. The average Bonchev–Trinajstić information content (AvgIpc) is 3.29. The van der Waals surface area contributed by atoms with E-state index >= 15 is 0 Å². The van der Waals surface area contributed by atoms with Crippen molar-refractivity contribution in [1.82, 2.24) is 34.5 Å². The lowest BCUT2D eigenvalue weighted by molar-refractivity contribution is -0.122. The minimum Gasteiger partial charge on any atom is -0.328 e. The molecule has 0 spiro atoms. The number of carbonyl (C=O) groups is 2. The van der Waals surface area contributed by atoms with Crippen LogP contribution >= 0.6 is 0 Å². The molecule has 5 aromatic rings. The molecule has 3 aromatic heterocycles. The Kier molecular flexibility index (Phi) is 5.88. The summed E-state index contributed by atoms with van der Waals surface area (Å²) in [6.07, 6.45) is 1.42. The van der Waals surface area contributed by atoms with Crippen molar-refractivity contribution in [3.8, 4) is 11.3 Å². The van der Waals surface area contributed by atoms with Gasteiger partial charge >= 0.3 is 5.69 Å². The number of rotatable bonds is 4. The predicted molar refractivity (Wildman–Crippen MR) is 138 cm³/mol. The molecule has 0 unspecified atom stereocenters. The fourth-order valence-corrected chi connectivity index (χ4v) is 4.15. The first-order valence-corrected chi connectivity index (χ1v) is 11.4. The molecule has 11 nitrogen and oxygen atoms in total. The molecule has 0 bridgehead atoms. The molecular formula is C26H23N7O4. The van der Waals surface area contributed by atoms with Crippen LogP contribution in [0.5, 0.6) is 0 Å². The third-order valence-electron chi connectivity index (χ3n) is 6.13. The fraction of sp³-hybridized carbons (Fsp3) is 0.154. The Balaban J connectivity index is 1.41. The summed E-state index contributed by atoms with van der Waals surface area (Å²) in [5.74, 6) is -1.31. The van der Waals surface area contributed by atoms with Crippen LogP contribution in [-0.2, 0) is 25.4 Å². The normalized spacial score (nSPS) is 11.1. The van der Waals surface area contributed by atoms with Crippen LogP contribution in [0, 0.1) is 6.92 Å². The summed E-state index contributed by atoms with van der Waals surface area (Å²) in [4.78, 5) is 60.0. The van der Waals surface area contributed by atoms with Crippen LogP contribution in [0.15, 0.2) is 70.5 Å². The highest BCUT2D eigenvalue weighted by atomic mass is 16.2. The molecule has 0 fully saturated rings. The number of hydrazine groups is 1. The van der Waals surface area contributed by atoms with E-state index in [2.05, 4.69) is 20.8 Å². The smallest absolute Gasteiger partial charge is 0.328 e. The van der Waals surface area contributed by atoms with E-state index < -0.39 is 29.6 Å². The predicted octanol–water partition coefficient (Wildman–Crippen LogP) is 1.42. The van der Waals surface area contributed by atoms with Gasteiger partial charge in [0.2, 0.25) is 0 Å². The minimum absolute atomic E-state index is 0.186. The van der Waals surface area contributed by atoms with Crippen LogP contribution < -0.4 is 22.1 Å². The van der Waals surface area contributed by atoms with Gasteiger partial charge in [-0.25, -0.2) is 19.3 Å². The summed E-state index contributed by atoms with van der Waals surface area (Å²) in [5.41, 5.74) is 7.23. The van der Waals surface area contributed by atoms with Gasteiger partial charge in [0.1, 0.15) is 6.54 Å². The third kappa shape index (κ3) is 4.27. The van der Waals surface area contributed by atoms with Crippen molar-refractivity contribution < 1.29 is 9.59 Å². The third-order valence-corrected chi connectivity index (χ3v) is 6.13. The van der Waals surface area contributed by atoms with Crippen LogP contribution in [0.1, 0.15) is 15.9 Å². The number of hydrogen-bond donors (Lipinski definition) is 2. The molecule has 2 aromatic carbocycles. The van der Waals surface area contributed by atoms with Crippen molar-refractivity contribution in [2.45, 2.75) is 13.5 Å². The number of aryl methyl sites for hydroxylation is 3. The molecule has 3 heterocycles. The zero-order valence-electron chi connectivity index (χ0n) is 20.3. The van der Waals surface area contributed by atoms with E-state index in [1.165, 1.54) is 22.5 Å². The van der Waals surface area contributed by atoms with E-state index in [1.54, 1.807) is 31.3 Å². The molecule has 0 aliphatic heterocycles. The van der Waals surface area contributed by atoms with Crippen molar-refractivity contribution in [2.75, 3.05) is 0 Å². The molecular weight excluding hydrogens is 474 g/mol. The van der Waals surface area contributed by atoms with Crippen molar-refractivity contribution in [3.05, 3.63) is 92.9 Å². The number of pyridine rings is 1. The van der Waals surface area contributed by atoms with E-state index in [0.29, 0.717) is 22.2 Å². The van der Waals surface area contributed by atoms with Crippen LogP contribution in [0.25, 0.3) is 33.3 Å². The molecule has 0 saturated carbocycles. The molecule has 0 aliphatic carbocycles. The zero-order chi connectivity index (χ0) is 26.3. The van der Waals surface area contributed by atoms with E-state index in [1.807, 2.05) is 37.3 Å². The molecule has 5 rings (SSSR count). The number of nitrogens with one attached hydrogen (secondary N) is 2. The zero-order valence-corrected chi connectivity index (χ0v) is 20.3. The van der Waals surface area contributed by atoms with Gasteiger partial charge < -0.3 is 4.57 Å². The first-order valence-electron chi connectivity index (χ1n) is 11.4. The summed E-state index contributed by atoms with van der Waals surface area (Å²) in [7, 11) is 3.09. The molecule has 0 aliphatic rings. The van der Waals surface area contributed by atoms with E-state index in [-0.39, 0.29) is 11.2 Å². The van der Waals surface area contributed by atoms with E-state index in [4.69, 9.17) is 0 Å². The maximum atomic E-state index is 13.1. The number of nitrogens with zero attached hydrogens (tertiary/aromatic N) is 5. The van der Waals surface area contributed by atoms with Crippen LogP contribution in [0.3, 0.4) is 0 Å². The van der Waals surface area contributed by atoms with Gasteiger partial charge in [0.15, 0.2) is 11.2 Å². The Bertz CT molecular complexity index is 1810. The summed E-state index contributed by atoms with van der Waals surface area (Å²) in [5, 5.41) is 0.608. The largest absolute Gasteiger partial charge is 0.332 e. The summed E-state index contributed by atoms with van der Waals surface area (Å²) < 4.78 is 3.47. The van der Waals surface area contributed by atoms with Gasteiger partial charge in [0, 0.05) is 25.0 Å². The van der Waals surface area contributed by atoms with Crippen LogP contribution in [-0.4, -0.2) is 35.5 Å². The fourth-order valence-electron chi connectivity index (χ4n) is 4.15. The minimum atomic E-state index is -0.744. The van der Waals surface area contributed by atoms with Gasteiger partial charge in [-0.1, -0.05) is 48.0 Å². The summed E-state index contributed by atoms with van der Waals surface area (Å²) in [6, 6.07) is 16.6. The number of carbonyl (C=O) groups excluding carboxylic acids is 2. The second-order valence-corrected chi connectivity index (χ2v) is 8.70. The standard InChI is InChI=1S/C26H23N7O4/c1-15-8-10-16(11-9-15)20-12-18(17-6-4-5-7-19(17)28-20)24(35)30-29-21(34)13-33-25(36)22-23(27-14-31(22)2)32(3)26(33)37/h4-12,14H,13H2,1-3H3,(H,29,34)(H,30,35). The monoisotopic (exact) mass is 497 g/mol. The number of para-hydroxylation sites is 1. The molecule has 0 saturated heterocycles. The summed E-state index contributed by atoms with van der Waals surface area (Å²) >= 11 is 0. The lowest BCUT2D eigenvalue weighted by Crippen LogP contribution is -2.48. The molecule has 0 atom stereocenters. The molecule has 0 radical (unpaired) electrons. The highest BCUT2D eigenvalue weighted by molar-refractivity contribution is 6.07. The average molecular weight is 498 g/mol. The Morgan fingerprint density at radius 1 is 0.973 bits per heavy atom. The topological polar surface area (TPSA) is 133 Å². The quantitative estimate of drug-likeness (QED) is 0.361. The Hall–Kier alpha value is -5.06. The second kappa shape index (κ2) is 9.19. The molecule has 2 N–H and O–H groups in total. The molecule has 11 heteroatoms. The van der Waals surface area contributed by atoms with Crippen molar-refractivity contribution >= 4 is 33.9 Å². The Morgan fingerprint density at radius 2 is 1.70 bits per heavy atom. The van der Waals surface area contributed by atoms with Crippen LogP contribution in [0.2, 0.25) is 0 Å². The van der Waals surface area contributed by atoms with Gasteiger partial charge in [-0.3, -0.25) is 29.8 Å². The van der Waals surface area contributed by atoms with Gasteiger partial charge in [-0.15, -0.1) is 0 Å². The van der Waals surface area contributed by atoms with Gasteiger partial charge in [-0.05, 0) is 19.1 Å². The van der Waals surface area contributed by atoms with E-state index in [0.717, 1.165) is 15.7 Å². The maximum Gasteiger partial charge on any atom is 0.332 e. The first-order chi connectivity index (χ1) is 17.7. The second-order valence-electron chi connectivity index (χ2n) is 8.70. The van der Waals surface area contributed by atoms with Crippen LogP contribution in [0.4, 0.5) is 0 Å². The molecule has 186 valence electrons. The first kappa shape index (κ1) is 23.7. The van der Waals surface area contributed by atoms with E-state index in [9.17, 15) is 19.2 Å². The van der Waals surface area contributed by atoms with Crippen molar-refractivity contribution in [3.63, 3.8) is 0 Å². The molecule has 2 amide bonds. The highest BCUT2D eigenvalue weighted by Gasteiger charge is 2.18. The van der Waals surface area contributed by atoms with Gasteiger partial charge in [0.25, 0.3) is 17.4 Å². The number of amides is 2. The SMILES string of the molecule is Cc1ccc(-c2cc(C(=O)NNC(=O)Cn3c(=O)c4c(ncn4C)n(C)c3=O)c3ccccc3n2)cc1. The van der Waals surface area contributed by atoms with Gasteiger partial charge in [0.05, 0.1) is 23.1 Å². The number of aromatic nitrogens is 5. The Morgan fingerprint density at radius 3 is 2.46 bits per heavy atom. The molecule has 37 heavy (non-hydrogen) atoms. The summed E-state index contributed by atoms with van der Waals surface area (Å²) in [6.45, 7) is 1.40. The number of benzene rings is 2. The maximum absolute atomic E-state index is 13.1. The highest BCUT2D eigenvalue weighted by Crippen LogP contribution is 2.25. The number of hydrogen-bond acceptors (Lipinski definition) is 6. The Labute approximate surface area is 210 Å². The lowest BCUT2D eigenvalue weighted by Gasteiger charge is -2.12. The number of fused-ring (bicyclic) bond motifs is 2. The number of imidazole rings is 1. The van der Waals surface area contributed by atoms with Crippen molar-refractivity contribution in [1.29, 1.82) is 0 Å². The van der Waals surface area contributed by atoms with Crippen molar-refractivity contribution in [2.24, 2.45) is 14.1 Å².